The number of hydrogen-bond donors (Lipinski definition) is 1. The second-order valence-corrected chi connectivity index (χ2v) is 3.25. The minimum Gasteiger partial charge on any atom is -0.396 e. The van der Waals surface area contributed by atoms with Gasteiger partial charge in [0, 0.05) is 18.4 Å². The van der Waals surface area contributed by atoms with Crippen molar-refractivity contribution in [3.8, 4) is 0 Å². The molecule has 0 aliphatic heterocycles. The molecule has 0 saturated carbocycles. The van der Waals surface area contributed by atoms with Gasteiger partial charge in [0.15, 0.2) is 0 Å². The van der Waals surface area contributed by atoms with Crippen molar-refractivity contribution in [3.05, 3.63) is 33.6 Å². The molecule has 0 spiro atoms. The van der Waals surface area contributed by atoms with Gasteiger partial charge in [-0.25, -0.2) is 4.98 Å². The van der Waals surface area contributed by atoms with Gasteiger partial charge < -0.3 is 5.11 Å². The molecule has 0 aliphatic rings. The van der Waals surface area contributed by atoms with Gasteiger partial charge in [0.05, 0.1) is 4.92 Å². The quantitative estimate of drug-likeness (QED) is 0.654. The van der Waals surface area contributed by atoms with Crippen LogP contribution in [0.15, 0.2) is 12.1 Å². The van der Waals surface area contributed by atoms with Crippen LogP contribution >= 0.6 is 0 Å². The Bertz CT molecular complexity index is 420. The number of aliphatic hydroxyl groups is 1. The SMILES string of the molecule is O=[N+]([O-])c1ccc(CCCO)nc1C(F)(F)F. The van der Waals surface area contributed by atoms with Gasteiger partial charge in [-0.1, -0.05) is 0 Å². The first-order chi connectivity index (χ1) is 7.86. The van der Waals surface area contributed by atoms with Gasteiger partial charge in [0.25, 0.3) is 5.69 Å². The third kappa shape index (κ3) is 3.38. The second kappa shape index (κ2) is 5.09. The zero-order valence-electron chi connectivity index (χ0n) is 8.57. The van der Waals surface area contributed by atoms with Crippen molar-refractivity contribution in [2.45, 2.75) is 19.0 Å². The molecular weight excluding hydrogens is 241 g/mol. The van der Waals surface area contributed by atoms with E-state index in [9.17, 15) is 23.3 Å². The maximum atomic E-state index is 12.5. The third-order valence-corrected chi connectivity index (χ3v) is 1.99. The van der Waals surface area contributed by atoms with E-state index >= 15 is 0 Å². The zero-order valence-corrected chi connectivity index (χ0v) is 8.57. The molecule has 1 heterocycles. The van der Waals surface area contributed by atoms with E-state index < -0.39 is 22.5 Å². The smallest absolute Gasteiger partial charge is 0.396 e. The van der Waals surface area contributed by atoms with Crippen LogP contribution in [-0.4, -0.2) is 21.6 Å². The predicted molar refractivity (Wildman–Crippen MR) is 51.3 cm³/mol. The minimum atomic E-state index is -4.86. The fraction of sp³-hybridized carbons (Fsp3) is 0.444. The summed E-state index contributed by atoms with van der Waals surface area (Å²) in [6, 6.07) is 1.94. The maximum absolute atomic E-state index is 12.5. The Morgan fingerprint density at radius 1 is 1.41 bits per heavy atom. The molecule has 0 bridgehead atoms. The van der Waals surface area contributed by atoms with Crippen LogP contribution < -0.4 is 0 Å². The lowest BCUT2D eigenvalue weighted by Gasteiger charge is -2.08. The lowest BCUT2D eigenvalue weighted by atomic mass is 10.2. The van der Waals surface area contributed by atoms with Crippen LogP contribution in [0.3, 0.4) is 0 Å². The van der Waals surface area contributed by atoms with Crippen LogP contribution in [-0.2, 0) is 12.6 Å². The van der Waals surface area contributed by atoms with Crippen molar-refractivity contribution in [2.75, 3.05) is 6.61 Å². The Hall–Kier alpha value is -1.70. The van der Waals surface area contributed by atoms with E-state index in [-0.39, 0.29) is 25.1 Å². The first-order valence-electron chi connectivity index (χ1n) is 4.68. The van der Waals surface area contributed by atoms with Crippen LogP contribution in [0.2, 0.25) is 0 Å². The fourth-order valence-corrected chi connectivity index (χ4v) is 1.25. The molecule has 94 valence electrons. The molecule has 1 aromatic rings. The van der Waals surface area contributed by atoms with E-state index in [0.29, 0.717) is 0 Å². The molecule has 0 unspecified atom stereocenters. The van der Waals surface area contributed by atoms with E-state index in [2.05, 4.69) is 4.98 Å². The average molecular weight is 250 g/mol. The fourth-order valence-electron chi connectivity index (χ4n) is 1.25. The van der Waals surface area contributed by atoms with E-state index in [0.717, 1.165) is 12.1 Å². The second-order valence-electron chi connectivity index (χ2n) is 3.25. The van der Waals surface area contributed by atoms with Crippen molar-refractivity contribution < 1.29 is 23.2 Å². The van der Waals surface area contributed by atoms with Crippen LogP contribution in [0.25, 0.3) is 0 Å². The molecule has 17 heavy (non-hydrogen) atoms. The number of hydrogen-bond acceptors (Lipinski definition) is 4. The number of aliphatic hydroxyl groups excluding tert-OH is 1. The molecule has 0 fully saturated rings. The van der Waals surface area contributed by atoms with Gasteiger partial charge in [-0.3, -0.25) is 10.1 Å². The average Bonchev–Trinajstić information content (AvgIpc) is 2.24. The number of aromatic nitrogens is 1. The standard InChI is InChI=1S/C9H9F3N2O3/c10-9(11,12)8-7(14(16)17)4-3-6(13-8)2-1-5-15/h3-4,15H,1-2,5H2. The highest BCUT2D eigenvalue weighted by atomic mass is 19.4. The summed E-state index contributed by atoms with van der Waals surface area (Å²) in [5, 5.41) is 19.0. The maximum Gasteiger partial charge on any atom is 0.440 e. The Labute approximate surface area is 94.1 Å². The van der Waals surface area contributed by atoms with Crippen LogP contribution in [0.1, 0.15) is 17.8 Å². The zero-order chi connectivity index (χ0) is 13.1. The summed E-state index contributed by atoms with van der Waals surface area (Å²) in [6.07, 6.45) is -4.47. The number of nitrogens with zero attached hydrogens (tertiary/aromatic N) is 2. The summed E-state index contributed by atoms with van der Waals surface area (Å²) in [4.78, 5) is 12.5. The summed E-state index contributed by atoms with van der Waals surface area (Å²) in [5.74, 6) is 0. The molecule has 0 radical (unpaired) electrons. The molecule has 1 aromatic heterocycles. The van der Waals surface area contributed by atoms with E-state index in [1.807, 2.05) is 0 Å². The highest BCUT2D eigenvalue weighted by Gasteiger charge is 2.40. The van der Waals surface area contributed by atoms with Gasteiger partial charge in [-0.05, 0) is 18.9 Å². The van der Waals surface area contributed by atoms with Gasteiger partial charge in [-0.2, -0.15) is 13.2 Å². The Morgan fingerprint density at radius 2 is 2.06 bits per heavy atom. The van der Waals surface area contributed by atoms with Gasteiger partial charge >= 0.3 is 6.18 Å². The molecule has 0 atom stereocenters. The first kappa shape index (κ1) is 13.4. The first-order valence-corrected chi connectivity index (χ1v) is 4.68. The molecule has 0 amide bonds. The van der Waals surface area contributed by atoms with Crippen molar-refractivity contribution in [1.82, 2.24) is 4.98 Å². The Balaban J connectivity index is 3.15. The monoisotopic (exact) mass is 250 g/mol. The molecule has 8 heteroatoms. The lowest BCUT2D eigenvalue weighted by Crippen LogP contribution is -2.13. The predicted octanol–water partition coefficient (Wildman–Crippen LogP) is 1.93. The van der Waals surface area contributed by atoms with Gasteiger partial charge in [0.1, 0.15) is 0 Å². The van der Waals surface area contributed by atoms with Crippen molar-refractivity contribution >= 4 is 5.69 Å². The molecule has 0 aliphatic carbocycles. The number of halogens is 3. The van der Waals surface area contributed by atoms with Crippen molar-refractivity contribution in [3.63, 3.8) is 0 Å². The van der Waals surface area contributed by atoms with Crippen LogP contribution in [0, 0.1) is 10.1 Å². The van der Waals surface area contributed by atoms with E-state index in [1.54, 1.807) is 0 Å². The minimum absolute atomic E-state index is 0.0666. The summed E-state index contributed by atoms with van der Waals surface area (Å²) in [5.41, 5.74) is -2.50. The van der Waals surface area contributed by atoms with E-state index in [1.165, 1.54) is 0 Å². The molecule has 0 saturated heterocycles. The summed E-state index contributed by atoms with van der Waals surface area (Å²) in [7, 11) is 0. The van der Waals surface area contributed by atoms with Gasteiger partial charge in [-0.15, -0.1) is 0 Å². The topological polar surface area (TPSA) is 76.3 Å². The van der Waals surface area contributed by atoms with Crippen LogP contribution in [0.4, 0.5) is 18.9 Å². The Morgan fingerprint density at radius 3 is 2.53 bits per heavy atom. The molecular formula is C9H9F3N2O3. The summed E-state index contributed by atoms with van der Waals surface area (Å²) < 4.78 is 37.5. The van der Waals surface area contributed by atoms with Crippen molar-refractivity contribution in [2.24, 2.45) is 0 Å². The molecule has 5 nitrogen and oxygen atoms in total. The van der Waals surface area contributed by atoms with Gasteiger partial charge in [0.2, 0.25) is 5.69 Å². The number of nitro groups is 1. The molecule has 1 rings (SSSR count). The van der Waals surface area contributed by atoms with Crippen LogP contribution in [0.5, 0.6) is 0 Å². The largest absolute Gasteiger partial charge is 0.440 e. The number of aryl methyl sites for hydroxylation is 1. The molecule has 0 aromatic carbocycles. The number of alkyl halides is 3. The normalized spacial score (nSPS) is 11.5. The number of pyridine rings is 1. The lowest BCUT2D eigenvalue weighted by molar-refractivity contribution is -0.388. The summed E-state index contributed by atoms with van der Waals surface area (Å²) in [6.45, 7) is -0.181. The number of rotatable bonds is 4. The highest BCUT2D eigenvalue weighted by Crippen LogP contribution is 2.34. The third-order valence-electron chi connectivity index (χ3n) is 1.99. The molecule has 1 N–H and O–H groups in total. The highest BCUT2D eigenvalue weighted by molar-refractivity contribution is 5.38. The Kier molecular flexibility index (Phi) is 4.00. The van der Waals surface area contributed by atoms with Crippen molar-refractivity contribution in [1.29, 1.82) is 0 Å². The summed E-state index contributed by atoms with van der Waals surface area (Å²) >= 11 is 0. The van der Waals surface area contributed by atoms with E-state index in [4.69, 9.17) is 5.11 Å².